The summed E-state index contributed by atoms with van der Waals surface area (Å²) in [4.78, 5) is 32.3. The van der Waals surface area contributed by atoms with Crippen molar-refractivity contribution in [2.24, 2.45) is 5.73 Å². The first-order valence-corrected chi connectivity index (χ1v) is 10.7. The molecule has 0 spiro atoms. The molecule has 2 amide bonds. The fourth-order valence-electron chi connectivity index (χ4n) is 5.02. The lowest BCUT2D eigenvalue weighted by atomic mass is 10.1. The van der Waals surface area contributed by atoms with E-state index in [2.05, 4.69) is 25.6 Å². The maximum Gasteiger partial charge on any atom is 0.241 e. The van der Waals surface area contributed by atoms with Crippen LogP contribution >= 0.6 is 12.6 Å². The lowest BCUT2D eigenvalue weighted by Gasteiger charge is -2.38. The Morgan fingerprint density at radius 2 is 2.10 bits per heavy atom. The van der Waals surface area contributed by atoms with Crippen LogP contribution in [0.25, 0.3) is 0 Å². The average molecular weight is 414 g/mol. The molecule has 3 aliphatic rings. The van der Waals surface area contributed by atoms with Crippen molar-refractivity contribution in [3.63, 3.8) is 0 Å². The molecule has 7 nitrogen and oxygen atoms in total. The van der Waals surface area contributed by atoms with E-state index in [0.717, 1.165) is 29.8 Å². The van der Waals surface area contributed by atoms with E-state index in [-0.39, 0.29) is 36.0 Å². The summed E-state index contributed by atoms with van der Waals surface area (Å²) in [6, 6.07) is 8.95. The molecule has 29 heavy (non-hydrogen) atoms. The predicted molar refractivity (Wildman–Crippen MR) is 111 cm³/mol. The van der Waals surface area contributed by atoms with E-state index in [1.807, 2.05) is 34.1 Å². The van der Waals surface area contributed by atoms with Crippen LogP contribution in [0, 0.1) is 11.3 Å². The largest absolute Gasteiger partial charge is 0.330 e. The smallest absolute Gasteiger partial charge is 0.241 e. The summed E-state index contributed by atoms with van der Waals surface area (Å²) in [6.45, 7) is 3.73. The highest BCUT2D eigenvalue weighted by Crippen LogP contribution is 2.38. The van der Waals surface area contributed by atoms with Gasteiger partial charge in [-0.15, -0.1) is 12.6 Å². The lowest BCUT2D eigenvalue weighted by Crippen LogP contribution is -2.56. The third-order valence-corrected chi connectivity index (χ3v) is 6.84. The van der Waals surface area contributed by atoms with Gasteiger partial charge in [0.05, 0.1) is 24.2 Å². The summed E-state index contributed by atoms with van der Waals surface area (Å²) in [5, 5.41) is 9.21. The van der Waals surface area contributed by atoms with Crippen LogP contribution in [0.1, 0.15) is 37.8 Å². The van der Waals surface area contributed by atoms with Crippen molar-refractivity contribution in [3.8, 4) is 6.07 Å². The molecule has 3 unspecified atom stereocenters. The number of thiol groups is 1. The number of nitriles is 1. The Morgan fingerprint density at radius 3 is 2.76 bits per heavy atom. The molecule has 3 aliphatic heterocycles. The first kappa shape index (κ1) is 20.2. The van der Waals surface area contributed by atoms with Crippen molar-refractivity contribution in [1.82, 2.24) is 14.7 Å². The normalized spacial score (nSPS) is 28.6. The van der Waals surface area contributed by atoms with Crippen molar-refractivity contribution in [2.75, 3.05) is 19.6 Å². The van der Waals surface area contributed by atoms with Gasteiger partial charge in [0, 0.05) is 30.6 Å². The van der Waals surface area contributed by atoms with Crippen molar-refractivity contribution in [2.45, 2.75) is 61.3 Å². The van der Waals surface area contributed by atoms with Crippen LogP contribution < -0.4 is 5.73 Å². The third kappa shape index (κ3) is 3.63. The molecule has 2 bridgehead atoms. The van der Waals surface area contributed by atoms with Crippen LogP contribution in [0.2, 0.25) is 0 Å². The van der Waals surface area contributed by atoms with Crippen LogP contribution in [0.3, 0.4) is 0 Å². The molecular formula is C21H27N5O2S. The summed E-state index contributed by atoms with van der Waals surface area (Å²) in [5.74, 6) is -0.0687. The van der Waals surface area contributed by atoms with E-state index >= 15 is 0 Å². The highest BCUT2D eigenvalue weighted by molar-refractivity contribution is 7.80. The second-order valence-electron chi connectivity index (χ2n) is 8.30. The molecule has 4 rings (SSSR count). The monoisotopic (exact) mass is 413 g/mol. The molecule has 1 aromatic carbocycles. The Bertz CT molecular complexity index is 838. The molecular weight excluding hydrogens is 386 g/mol. The maximum atomic E-state index is 13.1. The molecule has 2 N–H and O–H groups in total. The lowest BCUT2D eigenvalue weighted by molar-refractivity contribution is -0.140. The van der Waals surface area contributed by atoms with Gasteiger partial charge in [0.15, 0.2) is 0 Å². The number of piperazine rings is 1. The minimum Gasteiger partial charge on any atom is -0.330 e. The van der Waals surface area contributed by atoms with Crippen LogP contribution in [0.15, 0.2) is 29.2 Å². The van der Waals surface area contributed by atoms with Crippen LogP contribution in [0.4, 0.5) is 0 Å². The van der Waals surface area contributed by atoms with Crippen molar-refractivity contribution < 1.29 is 9.59 Å². The van der Waals surface area contributed by atoms with E-state index < -0.39 is 6.04 Å². The molecule has 3 saturated heterocycles. The van der Waals surface area contributed by atoms with Crippen LogP contribution in [0.5, 0.6) is 0 Å². The van der Waals surface area contributed by atoms with E-state index in [4.69, 9.17) is 5.73 Å². The Balaban J connectivity index is 1.39. The van der Waals surface area contributed by atoms with Crippen molar-refractivity contribution >= 4 is 24.4 Å². The summed E-state index contributed by atoms with van der Waals surface area (Å²) < 4.78 is 0. The number of carbonyl (C=O) groups excluding carboxylic acids is 2. The number of likely N-dealkylation sites (tertiary alicyclic amines) is 3. The van der Waals surface area contributed by atoms with Gasteiger partial charge >= 0.3 is 0 Å². The number of carbonyl (C=O) groups is 2. The summed E-state index contributed by atoms with van der Waals surface area (Å²) in [7, 11) is 0. The Morgan fingerprint density at radius 1 is 1.38 bits per heavy atom. The van der Waals surface area contributed by atoms with Gasteiger partial charge in [-0.25, -0.2) is 0 Å². The molecule has 3 fully saturated rings. The number of hydrogen-bond acceptors (Lipinski definition) is 6. The molecule has 0 radical (unpaired) electrons. The average Bonchev–Trinajstić information content (AvgIpc) is 3.41. The first-order chi connectivity index (χ1) is 13.9. The zero-order valence-corrected chi connectivity index (χ0v) is 17.5. The zero-order chi connectivity index (χ0) is 20.7. The fourth-order valence-corrected chi connectivity index (χ4v) is 5.17. The van der Waals surface area contributed by atoms with Gasteiger partial charge in [0.2, 0.25) is 11.8 Å². The predicted octanol–water partition coefficient (Wildman–Crippen LogP) is 1.16. The number of benzene rings is 1. The second kappa shape index (κ2) is 7.98. The number of fused-ring (bicyclic) bond motifs is 2. The highest BCUT2D eigenvalue weighted by Gasteiger charge is 2.51. The number of hydrogen-bond donors (Lipinski definition) is 2. The minimum atomic E-state index is -0.704. The number of rotatable bonds is 5. The van der Waals surface area contributed by atoms with E-state index in [1.165, 1.54) is 0 Å². The first-order valence-electron chi connectivity index (χ1n) is 10.2. The summed E-state index contributed by atoms with van der Waals surface area (Å²) in [5.41, 5.74) is 7.29. The summed E-state index contributed by atoms with van der Waals surface area (Å²) in [6.07, 6.45) is 2.33. The van der Waals surface area contributed by atoms with Crippen molar-refractivity contribution in [3.05, 3.63) is 29.8 Å². The fraction of sp³-hybridized carbons (Fsp3) is 0.571. The molecule has 0 aromatic heterocycles. The molecule has 154 valence electrons. The van der Waals surface area contributed by atoms with Crippen molar-refractivity contribution in [1.29, 1.82) is 5.26 Å². The highest BCUT2D eigenvalue weighted by atomic mass is 32.1. The van der Waals surface area contributed by atoms with Gasteiger partial charge in [-0.3, -0.25) is 14.5 Å². The van der Waals surface area contributed by atoms with Crippen LogP contribution in [-0.4, -0.2) is 70.3 Å². The van der Waals surface area contributed by atoms with Gasteiger partial charge in [-0.2, -0.15) is 5.26 Å². The Kier molecular flexibility index (Phi) is 5.56. The van der Waals surface area contributed by atoms with Gasteiger partial charge in [-0.05, 0) is 43.9 Å². The SMILES string of the molecule is C[C@@H](c1ccc(S)cc1)N1C(=O)C2C[C@H]1CN2CC(N)C(=O)N1CCCC1C#N. The molecule has 1 aromatic rings. The number of nitrogens with zero attached hydrogens (tertiary/aromatic N) is 4. The molecule has 8 heteroatoms. The second-order valence-corrected chi connectivity index (χ2v) is 8.81. The van der Waals surface area contributed by atoms with Gasteiger partial charge < -0.3 is 15.5 Å². The van der Waals surface area contributed by atoms with Gasteiger partial charge in [0.1, 0.15) is 6.04 Å². The zero-order valence-electron chi connectivity index (χ0n) is 16.6. The molecule has 0 saturated carbocycles. The number of amides is 2. The van der Waals surface area contributed by atoms with Gasteiger partial charge in [0.25, 0.3) is 0 Å². The molecule has 3 heterocycles. The van der Waals surface area contributed by atoms with Crippen LogP contribution in [-0.2, 0) is 9.59 Å². The standard InChI is InChI=1S/C21H27N5O2S/c1-13(14-4-6-17(29)7-5-14)26-16-9-19(21(26)28)24(11-16)12-18(23)20(27)25-8-2-3-15(25)10-22/h4-7,13,15-16,18-19,29H,2-3,8-9,11-12,23H2,1H3/t13-,15?,16-,18?,19?/m0/s1. The minimum absolute atomic E-state index is 0.00451. The Labute approximate surface area is 176 Å². The maximum absolute atomic E-state index is 13.1. The summed E-state index contributed by atoms with van der Waals surface area (Å²) >= 11 is 4.33. The Hall–Kier alpha value is -2.08. The van der Waals surface area contributed by atoms with E-state index in [0.29, 0.717) is 19.5 Å². The molecule has 0 aliphatic carbocycles. The van der Waals surface area contributed by atoms with Gasteiger partial charge in [-0.1, -0.05) is 12.1 Å². The quantitative estimate of drug-likeness (QED) is 0.707. The topological polar surface area (TPSA) is 93.7 Å². The van der Waals surface area contributed by atoms with E-state index in [9.17, 15) is 14.9 Å². The number of nitrogens with two attached hydrogens (primary N) is 1. The molecule has 5 atom stereocenters. The third-order valence-electron chi connectivity index (χ3n) is 6.54. The van der Waals surface area contributed by atoms with E-state index in [1.54, 1.807) is 4.90 Å².